The van der Waals surface area contributed by atoms with Crippen molar-refractivity contribution in [2.45, 2.75) is 41.2 Å². The van der Waals surface area contributed by atoms with Crippen LogP contribution in [0.1, 0.15) is 50.2 Å². The van der Waals surface area contributed by atoms with Crippen molar-refractivity contribution in [3.05, 3.63) is 123 Å². The molecule has 0 fully saturated rings. The number of nitrogens with zero attached hydrogens (tertiary/aromatic N) is 3. The molecular formula is C32H31ClN4O3. The zero-order valence-electron chi connectivity index (χ0n) is 23.2. The lowest BCUT2D eigenvalue weighted by Crippen LogP contribution is -2.16. The highest BCUT2D eigenvalue weighted by Gasteiger charge is 2.14. The number of hydrogen-bond donors (Lipinski definition) is 1. The molecule has 0 aliphatic carbocycles. The number of hydrogen-bond acceptors (Lipinski definition) is 4. The number of furan rings is 1. The Morgan fingerprint density at radius 2 is 1.65 bits per heavy atom. The van der Waals surface area contributed by atoms with Crippen LogP contribution in [0, 0.1) is 34.6 Å². The third-order valence-corrected chi connectivity index (χ3v) is 7.36. The Labute approximate surface area is 238 Å². The highest BCUT2D eigenvalue weighted by molar-refractivity contribution is 6.31. The number of rotatable bonds is 8. The lowest BCUT2D eigenvalue weighted by molar-refractivity contribution is 0.0923. The molecule has 3 aromatic heterocycles. The van der Waals surface area contributed by atoms with Gasteiger partial charge in [-0.3, -0.25) is 4.79 Å². The first-order valence-corrected chi connectivity index (χ1v) is 13.4. The van der Waals surface area contributed by atoms with E-state index in [2.05, 4.69) is 45.6 Å². The van der Waals surface area contributed by atoms with Crippen LogP contribution < -0.4 is 10.2 Å². The predicted molar refractivity (Wildman–Crippen MR) is 158 cm³/mol. The Hall–Kier alpha value is -4.49. The van der Waals surface area contributed by atoms with Gasteiger partial charge in [-0.2, -0.15) is 5.10 Å². The largest absolute Gasteiger partial charge is 0.486 e. The molecule has 5 aromatic rings. The second-order valence-corrected chi connectivity index (χ2v) is 10.2. The van der Waals surface area contributed by atoms with Gasteiger partial charge in [0.25, 0.3) is 0 Å². The molecule has 7 nitrogen and oxygen atoms in total. The fourth-order valence-electron chi connectivity index (χ4n) is 4.84. The van der Waals surface area contributed by atoms with E-state index >= 15 is 0 Å². The number of amides is 1. The molecule has 0 spiro atoms. The number of nitrogens with one attached hydrogen (secondary N) is 1. The van der Waals surface area contributed by atoms with Crippen molar-refractivity contribution in [2.75, 3.05) is 0 Å². The van der Waals surface area contributed by atoms with Gasteiger partial charge in [-0.15, -0.1) is 0 Å². The molecule has 5 rings (SSSR count). The molecule has 0 radical (unpaired) electrons. The zero-order valence-corrected chi connectivity index (χ0v) is 23.9. The molecule has 0 saturated carbocycles. The van der Waals surface area contributed by atoms with E-state index in [1.807, 2.05) is 69.3 Å². The van der Waals surface area contributed by atoms with Gasteiger partial charge < -0.3 is 18.3 Å². The summed E-state index contributed by atoms with van der Waals surface area (Å²) in [6.07, 6.45) is 1.63. The molecule has 3 heterocycles. The summed E-state index contributed by atoms with van der Waals surface area (Å²) in [5.74, 6) is 0.966. The van der Waals surface area contributed by atoms with Gasteiger partial charge in [-0.1, -0.05) is 17.7 Å². The van der Waals surface area contributed by atoms with Crippen molar-refractivity contribution in [1.82, 2.24) is 14.6 Å². The van der Waals surface area contributed by atoms with E-state index < -0.39 is 5.91 Å². The number of halogens is 1. The highest BCUT2D eigenvalue weighted by Crippen LogP contribution is 2.27. The summed E-state index contributed by atoms with van der Waals surface area (Å²) in [6, 6.07) is 23.3. The van der Waals surface area contributed by atoms with Gasteiger partial charge in [0, 0.05) is 44.7 Å². The summed E-state index contributed by atoms with van der Waals surface area (Å²) in [7, 11) is 0. The Morgan fingerprint density at radius 3 is 2.38 bits per heavy atom. The van der Waals surface area contributed by atoms with Crippen LogP contribution in [0.2, 0.25) is 5.02 Å². The van der Waals surface area contributed by atoms with Crippen LogP contribution in [0.5, 0.6) is 5.75 Å². The summed E-state index contributed by atoms with van der Waals surface area (Å²) < 4.78 is 15.8. The summed E-state index contributed by atoms with van der Waals surface area (Å²) >= 11 is 6.33. The fraction of sp³-hybridized carbons (Fsp3) is 0.188. The van der Waals surface area contributed by atoms with E-state index in [1.54, 1.807) is 18.3 Å². The second kappa shape index (κ2) is 11.3. The second-order valence-electron chi connectivity index (χ2n) is 9.75. The Morgan fingerprint density at radius 1 is 0.925 bits per heavy atom. The van der Waals surface area contributed by atoms with Gasteiger partial charge >= 0.3 is 5.91 Å². The van der Waals surface area contributed by atoms with Crippen LogP contribution in [0.25, 0.3) is 11.4 Å². The van der Waals surface area contributed by atoms with Crippen molar-refractivity contribution in [3.63, 3.8) is 0 Å². The van der Waals surface area contributed by atoms with Crippen LogP contribution >= 0.6 is 11.6 Å². The molecule has 1 N–H and O–H groups in total. The maximum atomic E-state index is 12.6. The van der Waals surface area contributed by atoms with Crippen LogP contribution in [0.3, 0.4) is 0 Å². The topological polar surface area (TPSA) is 73.7 Å². The third-order valence-electron chi connectivity index (χ3n) is 6.95. The molecule has 0 atom stereocenters. The molecule has 204 valence electrons. The molecule has 0 unspecified atom stereocenters. The average Bonchev–Trinajstić information content (AvgIpc) is 3.62. The van der Waals surface area contributed by atoms with Crippen LogP contribution in [0.15, 0.2) is 82.3 Å². The van der Waals surface area contributed by atoms with Crippen molar-refractivity contribution in [2.24, 2.45) is 5.10 Å². The average molecular weight is 555 g/mol. The number of aromatic nitrogens is 2. The number of aryl methyl sites for hydroxylation is 3. The van der Waals surface area contributed by atoms with Crippen LogP contribution in [-0.2, 0) is 6.61 Å². The Balaban J connectivity index is 1.19. The minimum atomic E-state index is -0.441. The number of hydrazone groups is 1. The van der Waals surface area contributed by atoms with E-state index in [4.69, 9.17) is 20.8 Å². The van der Waals surface area contributed by atoms with Crippen molar-refractivity contribution in [3.8, 4) is 17.1 Å². The van der Waals surface area contributed by atoms with Crippen molar-refractivity contribution < 1.29 is 13.9 Å². The SMILES string of the molecule is Cc1c(Cl)cccc1-n1c(C)cc(/C=N/NC(=O)c2ccc(COc3ccc(-n4c(C)ccc4C)cc3)o2)c1C. The maximum absolute atomic E-state index is 12.6. The first kappa shape index (κ1) is 27.1. The van der Waals surface area contributed by atoms with Crippen LogP contribution in [-0.4, -0.2) is 21.3 Å². The van der Waals surface area contributed by atoms with Gasteiger partial charge in [-0.05, 0) is 107 Å². The normalized spacial score (nSPS) is 11.3. The van der Waals surface area contributed by atoms with Gasteiger partial charge in [0.05, 0.1) is 6.21 Å². The standard InChI is InChI=1S/C32H31ClN4O3/c1-20-9-10-21(2)36(20)26-11-13-27(14-12-26)39-19-28-15-16-31(40-28)32(38)35-34-18-25-17-22(3)37(24(25)5)30-8-6-7-29(33)23(30)4/h6-18H,19H2,1-5H3,(H,35,38)/b34-18+. The lowest BCUT2D eigenvalue weighted by Gasteiger charge is -2.13. The van der Waals surface area contributed by atoms with E-state index in [-0.39, 0.29) is 12.4 Å². The molecule has 0 bridgehead atoms. The zero-order chi connectivity index (χ0) is 28.4. The minimum Gasteiger partial charge on any atom is -0.486 e. The molecule has 1 amide bonds. The number of carbonyl (C=O) groups is 1. The summed E-state index contributed by atoms with van der Waals surface area (Å²) in [6.45, 7) is 10.4. The molecule has 2 aromatic carbocycles. The molecule has 0 aliphatic rings. The van der Waals surface area contributed by atoms with E-state index in [9.17, 15) is 4.79 Å². The highest BCUT2D eigenvalue weighted by atomic mass is 35.5. The Kier molecular flexibility index (Phi) is 7.67. The van der Waals surface area contributed by atoms with Gasteiger partial charge in [0.15, 0.2) is 5.76 Å². The molecule has 0 aliphatic heterocycles. The molecule has 40 heavy (non-hydrogen) atoms. The summed E-state index contributed by atoms with van der Waals surface area (Å²) in [5, 5.41) is 4.87. The molecule has 0 saturated heterocycles. The fourth-order valence-corrected chi connectivity index (χ4v) is 5.01. The molecular weight excluding hydrogens is 524 g/mol. The minimum absolute atomic E-state index is 0.157. The number of benzene rings is 2. The smallest absolute Gasteiger partial charge is 0.307 e. The number of carbonyl (C=O) groups excluding carboxylic acids is 1. The lowest BCUT2D eigenvalue weighted by atomic mass is 10.2. The van der Waals surface area contributed by atoms with Gasteiger partial charge in [-0.25, -0.2) is 5.43 Å². The van der Waals surface area contributed by atoms with Crippen molar-refractivity contribution in [1.29, 1.82) is 0 Å². The van der Waals surface area contributed by atoms with E-state index in [1.165, 1.54) is 11.4 Å². The maximum Gasteiger partial charge on any atom is 0.307 e. The van der Waals surface area contributed by atoms with E-state index in [0.717, 1.165) is 33.9 Å². The van der Waals surface area contributed by atoms with Gasteiger partial charge in [0.2, 0.25) is 0 Å². The van der Waals surface area contributed by atoms with Crippen molar-refractivity contribution >= 4 is 23.7 Å². The molecule has 8 heteroatoms. The third kappa shape index (κ3) is 5.46. The first-order valence-electron chi connectivity index (χ1n) is 13.0. The monoisotopic (exact) mass is 554 g/mol. The number of ether oxygens (including phenoxy) is 1. The van der Waals surface area contributed by atoms with Gasteiger partial charge in [0.1, 0.15) is 18.1 Å². The quantitative estimate of drug-likeness (QED) is 0.160. The first-order chi connectivity index (χ1) is 19.2. The summed E-state index contributed by atoms with van der Waals surface area (Å²) in [4.78, 5) is 12.6. The van der Waals surface area contributed by atoms with Crippen LogP contribution in [0.4, 0.5) is 0 Å². The van der Waals surface area contributed by atoms with E-state index in [0.29, 0.717) is 16.5 Å². The summed E-state index contributed by atoms with van der Waals surface area (Å²) in [5.41, 5.74) is 10.9. The predicted octanol–water partition coefficient (Wildman–Crippen LogP) is 7.40. The Bertz CT molecular complexity index is 1690.